The highest BCUT2D eigenvalue weighted by atomic mass is 35.5. The zero-order chi connectivity index (χ0) is 16.0. The van der Waals surface area contributed by atoms with Crippen LogP contribution in [0.5, 0.6) is 0 Å². The SMILES string of the molecule is CCCNC(Cc1ccc(F)cc1Cl)CC(C)C(C)(C)C. The van der Waals surface area contributed by atoms with Gasteiger partial charge in [0.15, 0.2) is 0 Å². The van der Waals surface area contributed by atoms with Crippen LogP contribution in [0.3, 0.4) is 0 Å². The highest BCUT2D eigenvalue weighted by Crippen LogP contribution is 2.30. The molecule has 0 aliphatic rings. The summed E-state index contributed by atoms with van der Waals surface area (Å²) in [7, 11) is 0. The standard InChI is InChI=1S/C18H29ClFN/c1-6-9-21-16(10-13(2)18(3,4)5)11-14-7-8-15(20)12-17(14)19/h7-8,12-13,16,21H,6,9-11H2,1-5H3. The second-order valence-electron chi connectivity index (χ2n) is 7.09. The van der Waals surface area contributed by atoms with Gasteiger partial charge in [0.25, 0.3) is 0 Å². The van der Waals surface area contributed by atoms with Crippen molar-refractivity contribution in [3.8, 4) is 0 Å². The van der Waals surface area contributed by atoms with E-state index in [1.807, 2.05) is 0 Å². The lowest BCUT2D eigenvalue weighted by molar-refractivity contribution is 0.222. The van der Waals surface area contributed by atoms with Crippen LogP contribution in [0, 0.1) is 17.2 Å². The molecular formula is C18H29ClFN. The number of hydrogen-bond donors (Lipinski definition) is 1. The Bertz CT molecular complexity index is 439. The fourth-order valence-corrected chi connectivity index (χ4v) is 2.56. The van der Waals surface area contributed by atoms with Crippen LogP contribution < -0.4 is 5.32 Å². The Morgan fingerprint density at radius 1 is 1.29 bits per heavy atom. The Balaban J connectivity index is 2.77. The van der Waals surface area contributed by atoms with Gasteiger partial charge >= 0.3 is 0 Å². The van der Waals surface area contributed by atoms with Crippen molar-refractivity contribution in [1.29, 1.82) is 0 Å². The second-order valence-corrected chi connectivity index (χ2v) is 7.50. The highest BCUT2D eigenvalue weighted by Gasteiger charge is 2.24. The molecule has 1 aromatic rings. The minimum atomic E-state index is -0.273. The lowest BCUT2D eigenvalue weighted by Crippen LogP contribution is -2.36. The van der Waals surface area contributed by atoms with E-state index in [0.717, 1.165) is 31.4 Å². The Labute approximate surface area is 134 Å². The van der Waals surface area contributed by atoms with Gasteiger partial charge in [0, 0.05) is 11.1 Å². The molecule has 1 rings (SSSR count). The fraction of sp³-hybridized carbons (Fsp3) is 0.667. The smallest absolute Gasteiger partial charge is 0.124 e. The van der Waals surface area contributed by atoms with Gasteiger partial charge < -0.3 is 5.32 Å². The molecular weight excluding hydrogens is 285 g/mol. The summed E-state index contributed by atoms with van der Waals surface area (Å²) in [6.45, 7) is 12.3. The maximum atomic E-state index is 13.2. The summed E-state index contributed by atoms with van der Waals surface area (Å²) in [5, 5.41) is 4.14. The largest absolute Gasteiger partial charge is 0.314 e. The van der Waals surface area contributed by atoms with Crippen LogP contribution >= 0.6 is 11.6 Å². The molecule has 0 aromatic heterocycles. The number of hydrogen-bond acceptors (Lipinski definition) is 1. The van der Waals surface area contributed by atoms with Crippen molar-refractivity contribution in [3.05, 3.63) is 34.6 Å². The van der Waals surface area contributed by atoms with E-state index in [1.165, 1.54) is 12.1 Å². The molecule has 0 aliphatic carbocycles. The summed E-state index contributed by atoms with van der Waals surface area (Å²) in [6, 6.07) is 5.08. The van der Waals surface area contributed by atoms with Crippen molar-refractivity contribution in [2.45, 2.75) is 59.9 Å². The number of benzene rings is 1. The van der Waals surface area contributed by atoms with Crippen molar-refractivity contribution in [2.24, 2.45) is 11.3 Å². The van der Waals surface area contributed by atoms with Gasteiger partial charge in [-0.2, -0.15) is 0 Å². The van der Waals surface area contributed by atoms with Gasteiger partial charge in [-0.3, -0.25) is 0 Å². The van der Waals surface area contributed by atoms with Crippen LogP contribution in [0.25, 0.3) is 0 Å². The molecule has 21 heavy (non-hydrogen) atoms. The van der Waals surface area contributed by atoms with E-state index >= 15 is 0 Å². The third-order valence-corrected chi connectivity index (χ3v) is 4.63. The van der Waals surface area contributed by atoms with E-state index in [4.69, 9.17) is 11.6 Å². The average Bonchev–Trinajstić information content (AvgIpc) is 2.37. The zero-order valence-corrected chi connectivity index (χ0v) is 14.7. The molecule has 0 saturated heterocycles. The molecule has 2 atom stereocenters. The summed E-state index contributed by atoms with van der Waals surface area (Å²) >= 11 is 6.17. The summed E-state index contributed by atoms with van der Waals surface area (Å²) in [5.74, 6) is 0.330. The Hall–Kier alpha value is -0.600. The van der Waals surface area contributed by atoms with Gasteiger partial charge in [-0.1, -0.05) is 52.3 Å². The molecule has 0 amide bonds. The Morgan fingerprint density at radius 3 is 2.48 bits per heavy atom. The van der Waals surface area contributed by atoms with Gasteiger partial charge in [-0.05, 0) is 54.8 Å². The third kappa shape index (κ3) is 6.36. The maximum absolute atomic E-state index is 13.2. The first-order valence-corrected chi connectivity index (χ1v) is 8.29. The molecule has 0 bridgehead atoms. The molecule has 0 radical (unpaired) electrons. The van der Waals surface area contributed by atoms with Crippen LogP contribution in [-0.4, -0.2) is 12.6 Å². The van der Waals surface area contributed by atoms with Crippen molar-refractivity contribution < 1.29 is 4.39 Å². The van der Waals surface area contributed by atoms with E-state index in [9.17, 15) is 4.39 Å². The zero-order valence-electron chi connectivity index (χ0n) is 14.0. The lowest BCUT2D eigenvalue weighted by Gasteiger charge is -2.31. The van der Waals surface area contributed by atoms with Gasteiger partial charge in [0.05, 0.1) is 0 Å². The van der Waals surface area contributed by atoms with E-state index < -0.39 is 0 Å². The molecule has 120 valence electrons. The van der Waals surface area contributed by atoms with Crippen LogP contribution in [-0.2, 0) is 6.42 Å². The monoisotopic (exact) mass is 313 g/mol. The quantitative estimate of drug-likeness (QED) is 0.704. The first-order chi connectivity index (χ1) is 9.74. The summed E-state index contributed by atoms with van der Waals surface area (Å²) in [4.78, 5) is 0. The summed E-state index contributed by atoms with van der Waals surface area (Å²) in [6.07, 6.45) is 3.05. The minimum absolute atomic E-state index is 0.273. The van der Waals surface area contributed by atoms with Crippen LogP contribution in [0.15, 0.2) is 18.2 Å². The average molecular weight is 314 g/mol. The fourth-order valence-electron chi connectivity index (χ4n) is 2.32. The van der Waals surface area contributed by atoms with Gasteiger partial charge in [-0.15, -0.1) is 0 Å². The molecule has 0 saturated carbocycles. The normalized spacial score (nSPS) is 15.0. The highest BCUT2D eigenvalue weighted by molar-refractivity contribution is 6.31. The van der Waals surface area contributed by atoms with Gasteiger partial charge in [0.2, 0.25) is 0 Å². The molecule has 0 fully saturated rings. The van der Waals surface area contributed by atoms with E-state index in [2.05, 4.69) is 39.9 Å². The molecule has 0 heterocycles. The van der Waals surface area contributed by atoms with Crippen molar-refractivity contribution in [2.75, 3.05) is 6.54 Å². The first-order valence-electron chi connectivity index (χ1n) is 7.91. The predicted octanol–water partition coefficient (Wildman–Crippen LogP) is 5.46. The molecule has 1 nitrogen and oxygen atoms in total. The second kappa shape index (κ2) is 8.14. The molecule has 0 spiro atoms. The molecule has 2 unspecified atom stereocenters. The van der Waals surface area contributed by atoms with Crippen molar-refractivity contribution >= 4 is 11.6 Å². The molecule has 1 N–H and O–H groups in total. The predicted molar refractivity (Wildman–Crippen MR) is 90.4 cm³/mol. The Kier molecular flexibility index (Phi) is 7.15. The Morgan fingerprint density at radius 2 is 1.95 bits per heavy atom. The number of rotatable bonds is 7. The molecule has 1 aromatic carbocycles. The van der Waals surface area contributed by atoms with Crippen molar-refractivity contribution in [1.82, 2.24) is 5.32 Å². The number of nitrogens with one attached hydrogen (secondary N) is 1. The summed E-state index contributed by atoms with van der Waals surface area (Å²) < 4.78 is 13.2. The van der Waals surface area contributed by atoms with Crippen LogP contribution in [0.4, 0.5) is 4.39 Å². The third-order valence-electron chi connectivity index (χ3n) is 4.28. The van der Waals surface area contributed by atoms with Crippen LogP contribution in [0.2, 0.25) is 5.02 Å². The minimum Gasteiger partial charge on any atom is -0.314 e. The lowest BCUT2D eigenvalue weighted by atomic mass is 9.78. The number of halogens is 2. The summed E-state index contributed by atoms with van der Waals surface area (Å²) in [5.41, 5.74) is 1.31. The molecule has 0 aliphatic heterocycles. The van der Waals surface area contributed by atoms with E-state index in [1.54, 1.807) is 6.07 Å². The van der Waals surface area contributed by atoms with E-state index in [0.29, 0.717) is 22.4 Å². The topological polar surface area (TPSA) is 12.0 Å². The molecule has 3 heteroatoms. The van der Waals surface area contributed by atoms with Crippen LogP contribution in [0.1, 0.15) is 53.0 Å². The van der Waals surface area contributed by atoms with E-state index in [-0.39, 0.29) is 5.82 Å². The van der Waals surface area contributed by atoms with Gasteiger partial charge in [0.1, 0.15) is 5.82 Å². The first kappa shape index (κ1) is 18.4. The van der Waals surface area contributed by atoms with Gasteiger partial charge in [-0.25, -0.2) is 4.39 Å². The van der Waals surface area contributed by atoms with Crippen molar-refractivity contribution in [3.63, 3.8) is 0 Å². The maximum Gasteiger partial charge on any atom is 0.124 e.